The Kier molecular flexibility index (Phi) is 6.63. The highest BCUT2D eigenvalue weighted by Gasteiger charge is 2.35. The zero-order valence-electron chi connectivity index (χ0n) is 17.4. The summed E-state index contributed by atoms with van der Waals surface area (Å²) in [6.07, 6.45) is 2.79. The predicted octanol–water partition coefficient (Wildman–Crippen LogP) is 5.09. The molecule has 3 rings (SSSR count). The molecule has 154 valence electrons. The summed E-state index contributed by atoms with van der Waals surface area (Å²) in [4.78, 5) is 14.4. The Hall–Kier alpha value is -2.34. The van der Waals surface area contributed by atoms with Crippen molar-refractivity contribution in [1.82, 2.24) is 5.43 Å². The number of amides is 1. The third-order valence-electron chi connectivity index (χ3n) is 5.29. The minimum atomic E-state index is -0.300. The standard InChI is InChI=1S/C23H28BrN3O2/c1-5-27-21-10-9-17(11-20(21)16(2)13-23(27,3)4)14-25-26-22(28)15-29-19-8-6-7-18(24)12-19/h6-12,14,16H,5,13,15H2,1-4H3,(H,26,28)/b25-14+/t16-/m0/s1. The number of carbonyl (C=O) groups is 1. The van der Waals surface area contributed by atoms with E-state index in [1.165, 1.54) is 11.3 Å². The largest absolute Gasteiger partial charge is 0.484 e. The second-order valence-corrected chi connectivity index (χ2v) is 8.94. The Balaban J connectivity index is 1.61. The van der Waals surface area contributed by atoms with Gasteiger partial charge >= 0.3 is 0 Å². The van der Waals surface area contributed by atoms with E-state index in [2.05, 4.69) is 71.2 Å². The molecule has 0 saturated carbocycles. The van der Waals surface area contributed by atoms with Crippen LogP contribution in [0.2, 0.25) is 0 Å². The number of halogens is 1. The van der Waals surface area contributed by atoms with Gasteiger partial charge in [0.15, 0.2) is 6.61 Å². The molecule has 0 radical (unpaired) electrons. The molecule has 0 spiro atoms. The van der Waals surface area contributed by atoms with Crippen LogP contribution in [0.5, 0.6) is 5.75 Å². The van der Waals surface area contributed by atoms with E-state index in [1.807, 2.05) is 24.3 Å². The Bertz CT molecular complexity index is 911. The summed E-state index contributed by atoms with van der Waals surface area (Å²) in [6.45, 7) is 9.97. The molecule has 1 atom stereocenters. The molecule has 1 amide bonds. The van der Waals surface area contributed by atoms with Crippen LogP contribution in [0.15, 0.2) is 52.0 Å². The Morgan fingerprint density at radius 2 is 2.14 bits per heavy atom. The second kappa shape index (κ2) is 8.99. The molecule has 0 saturated heterocycles. The van der Waals surface area contributed by atoms with Gasteiger partial charge in [0.25, 0.3) is 5.91 Å². The van der Waals surface area contributed by atoms with Crippen LogP contribution < -0.4 is 15.1 Å². The highest BCUT2D eigenvalue weighted by molar-refractivity contribution is 9.10. The molecule has 0 aromatic heterocycles. The van der Waals surface area contributed by atoms with Gasteiger partial charge in [-0.25, -0.2) is 5.43 Å². The van der Waals surface area contributed by atoms with Crippen molar-refractivity contribution < 1.29 is 9.53 Å². The number of anilines is 1. The third-order valence-corrected chi connectivity index (χ3v) is 5.79. The SMILES string of the molecule is CCN1c2ccc(/C=N/NC(=O)COc3cccc(Br)c3)cc2[C@@H](C)CC1(C)C. The fourth-order valence-corrected chi connectivity index (χ4v) is 4.48. The average molecular weight is 458 g/mol. The zero-order valence-corrected chi connectivity index (χ0v) is 19.0. The van der Waals surface area contributed by atoms with Crippen molar-refractivity contribution in [3.8, 4) is 5.75 Å². The molecule has 0 bridgehead atoms. The first kappa shape index (κ1) is 21.4. The number of benzene rings is 2. The van der Waals surface area contributed by atoms with Crippen molar-refractivity contribution in [1.29, 1.82) is 0 Å². The van der Waals surface area contributed by atoms with Crippen molar-refractivity contribution in [2.24, 2.45) is 5.10 Å². The summed E-state index contributed by atoms with van der Waals surface area (Å²) in [7, 11) is 0. The summed E-state index contributed by atoms with van der Waals surface area (Å²) in [6, 6.07) is 13.7. The van der Waals surface area contributed by atoms with Gasteiger partial charge in [0.05, 0.1) is 6.21 Å². The number of nitrogens with zero attached hydrogens (tertiary/aromatic N) is 2. The maximum absolute atomic E-state index is 12.0. The van der Waals surface area contributed by atoms with Gasteiger partial charge in [0.1, 0.15) is 5.75 Å². The molecule has 2 aromatic rings. The number of carbonyl (C=O) groups excluding carboxylic acids is 1. The van der Waals surface area contributed by atoms with Crippen LogP contribution in [0.3, 0.4) is 0 Å². The van der Waals surface area contributed by atoms with E-state index < -0.39 is 0 Å². The van der Waals surface area contributed by atoms with Crippen LogP contribution in [0, 0.1) is 0 Å². The van der Waals surface area contributed by atoms with E-state index in [0.29, 0.717) is 11.7 Å². The highest BCUT2D eigenvalue weighted by atomic mass is 79.9. The number of nitrogens with one attached hydrogen (secondary N) is 1. The highest BCUT2D eigenvalue weighted by Crippen LogP contribution is 2.43. The first-order chi connectivity index (χ1) is 13.8. The summed E-state index contributed by atoms with van der Waals surface area (Å²) >= 11 is 3.37. The van der Waals surface area contributed by atoms with Crippen molar-refractivity contribution in [2.75, 3.05) is 18.1 Å². The van der Waals surface area contributed by atoms with Gasteiger partial charge in [0.2, 0.25) is 0 Å². The van der Waals surface area contributed by atoms with Crippen LogP contribution >= 0.6 is 15.9 Å². The quantitative estimate of drug-likeness (QED) is 0.485. The van der Waals surface area contributed by atoms with Gasteiger partial charge in [-0.1, -0.05) is 35.0 Å². The molecule has 2 aromatic carbocycles. The van der Waals surface area contributed by atoms with E-state index in [-0.39, 0.29) is 18.1 Å². The molecule has 0 unspecified atom stereocenters. The van der Waals surface area contributed by atoms with Crippen molar-refractivity contribution in [3.63, 3.8) is 0 Å². The third kappa shape index (κ3) is 5.18. The first-order valence-corrected chi connectivity index (χ1v) is 10.7. The lowest BCUT2D eigenvalue weighted by molar-refractivity contribution is -0.123. The monoisotopic (exact) mass is 457 g/mol. The lowest BCUT2D eigenvalue weighted by Gasteiger charge is -2.47. The Morgan fingerprint density at radius 1 is 1.34 bits per heavy atom. The molecule has 1 heterocycles. The summed E-state index contributed by atoms with van der Waals surface area (Å²) in [5, 5.41) is 4.09. The maximum atomic E-state index is 12.0. The van der Waals surface area contributed by atoms with Gasteiger partial charge in [-0.05, 0) is 74.6 Å². The lowest BCUT2D eigenvalue weighted by Crippen LogP contribution is -2.48. The fraction of sp³-hybridized carbons (Fsp3) is 0.391. The van der Waals surface area contributed by atoms with Crippen LogP contribution in [0.4, 0.5) is 5.69 Å². The van der Waals surface area contributed by atoms with Crippen molar-refractivity contribution >= 4 is 33.7 Å². The Morgan fingerprint density at radius 3 is 2.86 bits per heavy atom. The first-order valence-electron chi connectivity index (χ1n) is 9.92. The van der Waals surface area contributed by atoms with Crippen molar-refractivity contribution in [3.05, 3.63) is 58.1 Å². The Labute approximate surface area is 181 Å². The maximum Gasteiger partial charge on any atom is 0.277 e. The number of hydrogen-bond acceptors (Lipinski definition) is 4. The van der Waals surface area contributed by atoms with Crippen LogP contribution in [0.25, 0.3) is 0 Å². The molecule has 0 fully saturated rings. The van der Waals surface area contributed by atoms with E-state index in [0.717, 1.165) is 23.0 Å². The summed E-state index contributed by atoms with van der Waals surface area (Å²) in [5.74, 6) is 0.807. The van der Waals surface area contributed by atoms with Gasteiger partial charge in [-0.15, -0.1) is 0 Å². The summed E-state index contributed by atoms with van der Waals surface area (Å²) < 4.78 is 6.36. The van der Waals surface area contributed by atoms with E-state index >= 15 is 0 Å². The molecule has 5 nitrogen and oxygen atoms in total. The number of ether oxygens (including phenoxy) is 1. The predicted molar refractivity (Wildman–Crippen MR) is 122 cm³/mol. The molecule has 1 aliphatic rings. The molecular formula is C23H28BrN3O2. The average Bonchev–Trinajstić information content (AvgIpc) is 2.66. The molecule has 29 heavy (non-hydrogen) atoms. The topological polar surface area (TPSA) is 53.9 Å². The fourth-order valence-electron chi connectivity index (χ4n) is 4.10. The van der Waals surface area contributed by atoms with E-state index in [1.54, 1.807) is 12.3 Å². The second-order valence-electron chi connectivity index (χ2n) is 8.02. The van der Waals surface area contributed by atoms with Gasteiger partial charge in [-0.3, -0.25) is 4.79 Å². The number of fused-ring (bicyclic) bond motifs is 1. The normalized spacial score (nSPS) is 17.8. The number of rotatable bonds is 6. The molecule has 1 N–H and O–H groups in total. The van der Waals surface area contributed by atoms with E-state index in [4.69, 9.17) is 4.74 Å². The molecule has 1 aliphatic heterocycles. The number of hydrazone groups is 1. The lowest BCUT2D eigenvalue weighted by atomic mass is 9.79. The minimum absolute atomic E-state index is 0.0877. The molecule has 0 aliphatic carbocycles. The van der Waals surface area contributed by atoms with Gasteiger partial charge in [-0.2, -0.15) is 5.10 Å². The van der Waals surface area contributed by atoms with Gasteiger partial charge in [0, 0.05) is 22.2 Å². The van der Waals surface area contributed by atoms with E-state index in [9.17, 15) is 4.79 Å². The van der Waals surface area contributed by atoms with Crippen LogP contribution in [-0.2, 0) is 4.79 Å². The minimum Gasteiger partial charge on any atom is -0.484 e. The number of hydrogen-bond donors (Lipinski definition) is 1. The molecular weight excluding hydrogens is 430 g/mol. The van der Waals surface area contributed by atoms with Crippen molar-refractivity contribution in [2.45, 2.75) is 45.6 Å². The van der Waals surface area contributed by atoms with Crippen LogP contribution in [0.1, 0.15) is 51.2 Å². The van der Waals surface area contributed by atoms with Crippen LogP contribution in [-0.4, -0.2) is 30.8 Å². The summed E-state index contributed by atoms with van der Waals surface area (Å²) in [5.41, 5.74) is 6.27. The molecule has 6 heteroatoms. The van der Waals surface area contributed by atoms with Gasteiger partial charge < -0.3 is 9.64 Å². The zero-order chi connectivity index (χ0) is 21.0. The smallest absolute Gasteiger partial charge is 0.277 e.